The van der Waals surface area contributed by atoms with Gasteiger partial charge in [0.25, 0.3) is 0 Å². The molecule has 0 aliphatic heterocycles. The van der Waals surface area contributed by atoms with E-state index in [0.29, 0.717) is 5.03 Å². The number of nitrogens with zero attached hydrogens (tertiary/aromatic N) is 2. The van der Waals surface area contributed by atoms with Crippen LogP contribution in [0.2, 0.25) is 0 Å². The molecule has 0 bridgehead atoms. The van der Waals surface area contributed by atoms with E-state index in [0.717, 1.165) is 23.9 Å². The first-order chi connectivity index (χ1) is 9.56. The molecule has 20 heavy (non-hydrogen) atoms. The third-order valence-corrected chi connectivity index (χ3v) is 3.23. The predicted molar refractivity (Wildman–Crippen MR) is 72.2 cm³/mol. The number of nitrogens with one attached hydrogen (secondary N) is 1. The largest absolute Gasteiger partial charge is 0.381 e. The second kappa shape index (κ2) is 6.29. The average Bonchev–Trinajstić information content (AvgIpc) is 2.42. The molecule has 0 atom stereocenters. The first-order valence-corrected chi connectivity index (χ1v) is 6.49. The van der Waals surface area contributed by atoms with Crippen LogP contribution in [0.25, 0.3) is 0 Å². The molecule has 5 nitrogen and oxygen atoms in total. The van der Waals surface area contributed by atoms with Crippen molar-refractivity contribution < 1.29 is 13.6 Å². The van der Waals surface area contributed by atoms with Gasteiger partial charge in [-0.1, -0.05) is 11.8 Å². The average molecular weight is 296 g/mol. The molecule has 1 amide bonds. The highest BCUT2D eigenvalue weighted by molar-refractivity contribution is 8.00. The van der Waals surface area contributed by atoms with Gasteiger partial charge in [-0.25, -0.2) is 18.7 Å². The monoisotopic (exact) mass is 296 g/mol. The fourth-order valence-electron chi connectivity index (χ4n) is 1.35. The Morgan fingerprint density at radius 3 is 2.70 bits per heavy atom. The Morgan fingerprint density at radius 1 is 1.25 bits per heavy atom. The minimum atomic E-state index is -1.02. The lowest BCUT2D eigenvalue weighted by Crippen LogP contribution is -2.14. The van der Waals surface area contributed by atoms with E-state index in [9.17, 15) is 13.6 Å². The number of anilines is 2. The zero-order chi connectivity index (χ0) is 14.5. The number of rotatable bonds is 4. The van der Waals surface area contributed by atoms with Gasteiger partial charge in [0.1, 0.15) is 5.03 Å². The third kappa shape index (κ3) is 3.64. The molecule has 0 saturated heterocycles. The number of halogens is 2. The second-order valence-electron chi connectivity index (χ2n) is 3.71. The summed E-state index contributed by atoms with van der Waals surface area (Å²) in [6, 6.07) is 3.13. The molecule has 0 radical (unpaired) electrons. The number of benzene rings is 1. The molecular formula is C12H10F2N4OS. The first-order valence-electron chi connectivity index (χ1n) is 5.50. The smallest absolute Gasteiger partial charge is 0.234 e. The quantitative estimate of drug-likeness (QED) is 0.844. The van der Waals surface area contributed by atoms with Gasteiger partial charge >= 0.3 is 0 Å². The van der Waals surface area contributed by atoms with Gasteiger partial charge in [-0.15, -0.1) is 0 Å². The van der Waals surface area contributed by atoms with Crippen molar-refractivity contribution in [1.82, 2.24) is 9.97 Å². The molecule has 0 unspecified atom stereocenters. The summed E-state index contributed by atoms with van der Waals surface area (Å²) in [5, 5.41) is 2.88. The number of hydrogen-bond acceptors (Lipinski definition) is 5. The molecule has 0 fully saturated rings. The molecule has 1 aromatic carbocycles. The van der Waals surface area contributed by atoms with Crippen molar-refractivity contribution in [2.45, 2.75) is 5.03 Å². The molecule has 3 N–H and O–H groups in total. The van der Waals surface area contributed by atoms with Crippen LogP contribution in [0.1, 0.15) is 0 Å². The summed E-state index contributed by atoms with van der Waals surface area (Å²) in [5.41, 5.74) is 5.76. The van der Waals surface area contributed by atoms with Gasteiger partial charge in [-0.2, -0.15) is 0 Å². The molecule has 0 aliphatic rings. The molecule has 0 spiro atoms. The van der Waals surface area contributed by atoms with E-state index < -0.39 is 11.6 Å². The Kier molecular flexibility index (Phi) is 4.46. The Morgan fingerprint density at radius 2 is 2.00 bits per heavy atom. The number of thioether (sulfide) groups is 1. The van der Waals surface area contributed by atoms with Crippen LogP contribution in [0.4, 0.5) is 20.3 Å². The van der Waals surface area contributed by atoms with E-state index in [4.69, 9.17) is 5.73 Å². The minimum Gasteiger partial charge on any atom is -0.381 e. The maximum atomic E-state index is 13.0. The maximum absolute atomic E-state index is 13.0. The van der Waals surface area contributed by atoms with Gasteiger partial charge in [0.05, 0.1) is 5.75 Å². The van der Waals surface area contributed by atoms with Crippen molar-refractivity contribution >= 4 is 29.2 Å². The molecule has 2 rings (SSSR count). The lowest BCUT2D eigenvalue weighted by Gasteiger charge is -2.06. The van der Waals surface area contributed by atoms with Gasteiger partial charge in [0, 0.05) is 24.1 Å². The Labute approximate surface area is 117 Å². The number of carbonyl (C=O) groups is 1. The van der Waals surface area contributed by atoms with E-state index in [1.165, 1.54) is 18.5 Å². The molecule has 0 saturated carbocycles. The van der Waals surface area contributed by atoms with E-state index in [-0.39, 0.29) is 23.2 Å². The van der Waals surface area contributed by atoms with E-state index >= 15 is 0 Å². The number of hydrogen-bond donors (Lipinski definition) is 2. The van der Waals surface area contributed by atoms with Crippen LogP contribution in [-0.4, -0.2) is 21.6 Å². The van der Waals surface area contributed by atoms with Crippen LogP contribution in [-0.2, 0) is 4.79 Å². The highest BCUT2D eigenvalue weighted by Crippen LogP contribution is 2.20. The summed E-state index contributed by atoms with van der Waals surface area (Å²) in [6.45, 7) is 0. The van der Waals surface area contributed by atoms with Crippen molar-refractivity contribution in [3.05, 3.63) is 42.2 Å². The fourth-order valence-corrected chi connectivity index (χ4v) is 2.03. The number of nitrogen functional groups attached to an aromatic ring is 1. The number of aromatic nitrogens is 2. The molecular weight excluding hydrogens is 286 g/mol. The van der Waals surface area contributed by atoms with Crippen molar-refractivity contribution in [2.75, 3.05) is 16.8 Å². The topological polar surface area (TPSA) is 80.9 Å². The van der Waals surface area contributed by atoms with Crippen molar-refractivity contribution in [2.24, 2.45) is 0 Å². The van der Waals surface area contributed by atoms with Crippen LogP contribution in [0.3, 0.4) is 0 Å². The standard InChI is InChI=1S/C12H10F2N4OS/c13-8-2-1-7(5-9(8)14)18-10(19)6-20-12-11(15)16-3-4-17-12/h1-5H,6H2,(H2,15,16)(H,18,19). The summed E-state index contributed by atoms with van der Waals surface area (Å²) in [5.74, 6) is -2.11. The van der Waals surface area contributed by atoms with Crippen LogP contribution < -0.4 is 11.1 Å². The summed E-state index contributed by atoms with van der Waals surface area (Å²) in [7, 11) is 0. The third-order valence-electron chi connectivity index (χ3n) is 2.23. The second-order valence-corrected chi connectivity index (χ2v) is 4.68. The number of amides is 1. The van der Waals surface area contributed by atoms with E-state index in [2.05, 4.69) is 15.3 Å². The summed E-state index contributed by atoms with van der Waals surface area (Å²) in [4.78, 5) is 19.5. The zero-order valence-electron chi connectivity index (χ0n) is 10.1. The van der Waals surface area contributed by atoms with Gasteiger partial charge in [-0.3, -0.25) is 4.79 Å². The van der Waals surface area contributed by atoms with Gasteiger partial charge in [-0.05, 0) is 12.1 Å². The zero-order valence-corrected chi connectivity index (χ0v) is 11.0. The summed E-state index contributed by atoms with van der Waals surface area (Å²) >= 11 is 1.10. The van der Waals surface area contributed by atoms with Crippen LogP contribution >= 0.6 is 11.8 Å². The van der Waals surface area contributed by atoms with Crippen LogP contribution in [0.15, 0.2) is 35.6 Å². The Hall–Kier alpha value is -2.22. The van der Waals surface area contributed by atoms with E-state index in [1.807, 2.05) is 0 Å². The predicted octanol–water partition coefficient (Wildman–Crippen LogP) is 2.07. The lowest BCUT2D eigenvalue weighted by molar-refractivity contribution is -0.113. The molecule has 2 aromatic rings. The number of nitrogens with two attached hydrogens (primary N) is 1. The van der Waals surface area contributed by atoms with E-state index in [1.54, 1.807) is 0 Å². The molecule has 104 valence electrons. The van der Waals surface area contributed by atoms with Crippen LogP contribution in [0, 0.1) is 11.6 Å². The van der Waals surface area contributed by atoms with Crippen molar-refractivity contribution in [3.63, 3.8) is 0 Å². The van der Waals surface area contributed by atoms with Gasteiger partial charge < -0.3 is 11.1 Å². The molecule has 8 heteroatoms. The molecule has 1 aromatic heterocycles. The SMILES string of the molecule is Nc1nccnc1SCC(=O)Nc1ccc(F)c(F)c1. The minimum absolute atomic E-state index is 0.0297. The Bertz CT molecular complexity index is 639. The maximum Gasteiger partial charge on any atom is 0.234 e. The van der Waals surface area contributed by atoms with Crippen molar-refractivity contribution in [1.29, 1.82) is 0 Å². The lowest BCUT2D eigenvalue weighted by atomic mass is 10.3. The molecule has 1 heterocycles. The summed E-state index contributed by atoms with van der Waals surface area (Å²) < 4.78 is 25.7. The highest BCUT2D eigenvalue weighted by atomic mass is 32.2. The van der Waals surface area contributed by atoms with Crippen molar-refractivity contribution in [3.8, 4) is 0 Å². The molecule has 0 aliphatic carbocycles. The fraction of sp³-hybridized carbons (Fsp3) is 0.0833. The Balaban J connectivity index is 1.93. The van der Waals surface area contributed by atoms with Gasteiger partial charge in [0.2, 0.25) is 5.91 Å². The highest BCUT2D eigenvalue weighted by Gasteiger charge is 2.09. The first kappa shape index (κ1) is 14.2. The van der Waals surface area contributed by atoms with Crippen LogP contribution in [0.5, 0.6) is 0 Å². The normalized spacial score (nSPS) is 10.3. The van der Waals surface area contributed by atoms with Gasteiger partial charge in [0.15, 0.2) is 17.5 Å². The summed E-state index contributed by atoms with van der Waals surface area (Å²) in [6.07, 6.45) is 2.91. The number of carbonyl (C=O) groups excluding carboxylic acids is 1.